The van der Waals surface area contributed by atoms with Crippen LogP contribution < -0.4 is 9.64 Å². The highest BCUT2D eigenvalue weighted by Gasteiger charge is 2.22. The van der Waals surface area contributed by atoms with E-state index in [1.165, 1.54) is 18.2 Å². The van der Waals surface area contributed by atoms with E-state index in [1.807, 2.05) is 37.3 Å². The van der Waals surface area contributed by atoms with E-state index in [1.54, 1.807) is 18.2 Å². The van der Waals surface area contributed by atoms with E-state index in [4.69, 9.17) is 16.3 Å². The molecule has 1 heterocycles. The smallest absolute Gasteiger partial charge is 0.139 e. The number of piperazine rings is 1. The first kappa shape index (κ1) is 22.6. The molecular formula is C26H27ClF2N2O. The Labute approximate surface area is 193 Å². The molecule has 3 aromatic carbocycles. The zero-order valence-corrected chi connectivity index (χ0v) is 18.9. The second-order valence-electron chi connectivity index (χ2n) is 8.16. The van der Waals surface area contributed by atoms with E-state index >= 15 is 0 Å². The lowest BCUT2D eigenvalue weighted by atomic mass is 10.0. The molecule has 3 aromatic rings. The Bertz CT molecular complexity index is 1040. The first-order valence-corrected chi connectivity index (χ1v) is 11.3. The number of aryl methyl sites for hydroxylation is 1. The molecule has 4 rings (SSSR count). The van der Waals surface area contributed by atoms with Crippen LogP contribution in [0, 0.1) is 18.6 Å². The molecule has 1 fully saturated rings. The highest BCUT2D eigenvalue weighted by molar-refractivity contribution is 6.32. The van der Waals surface area contributed by atoms with Gasteiger partial charge in [0.15, 0.2) is 0 Å². The van der Waals surface area contributed by atoms with Gasteiger partial charge in [0.2, 0.25) is 0 Å². The van der Waals surface area contributed by atoms with Gasteiger partial charge in [-0.05, 0) is 55.0 Å². The molecule has 0 bridgehead atoms. The molecule has 0 aromatic heterocycles. The fourth-order valence-electron chi connectivity index (χ4n) is 4.05. The maximum absolute atomic E-state index is 14.6. The van der Waals surface area contributed by atoms with Crippen LogP contribution in [0.15, 0.2) is 66.7 Å². The molecule has 0 radical (unpaired) electrons. The third kappa shape index (κ3) is 5.59. The van der Waals surface area contributed by atoms with Crippen LogP contribution >= 0.6 is 11.6 Å². The summed E-state index contributed by atoms with van der Waals surface area (Å²) in [5.41, 5.74) is 2.61. The average Bonchev–Trinajstić information content (AvgIpc) is 2.80. The highest BCUT2D eigenvalue weighted by Crippen LogP contribution is 2.32. The van der Waals surface area contributed by atoms with Crippen LogP contribution in [-0.2, 0) is 0 Å². The van der Waals surface area contributed by atoms with Crippen molar-refractivity contribution in [1.82, 2.24) is 4.90 Å². The summed E-state index contributed by atoms with van der Waals surface area (Å²) in [6.45, 7) is 6.24. The summed E-state index contributed by atoms with van der Waals surface area (Å²) in [6, 6.07) is 19.0. The van der Waals surface area contributed by atoms with Crippen LogP contribution in [0.1, 0.15) is 23.7 Å². The first-order valence-electron chi connectivity index (χ1n) is 10.9. The average molecular weight is 457 g/mol. The Hall–Kier alpha value is -2.63. The molecular weight excluding hydrogens is 430 g/mol. The summed E-state index contributed by atoms with van der Waals surface area (Å²) in [4.78, 5) is 4.61. The lowest BCUT2D eigenvalue weighted by Gasteiger charge is -2.36. The summed E-state index contributed by atoms with van der Waals surface area (Å²) in [7, 11) is 0. The van der Waals surface area contributed by atoms with Crippen molar-refractivity contribution in [2.75, 3.05) is 37.6 Å². The molecule has 1 aliphatic rings. The van der Waals surface area contributed by atoms with E-state index in [9.17, 15) is 8.78 Å². The van der Waals surface area contributed by atoms with Gasteiger partial charge in [-0.15, -0.1) is 0 Å². The van der Waals surface area contributed by atoms with Crippen molar-refractivity contribution in [2.24, 2.45) is 0 Å². The lowest BCUT2D eigenvalue weighted by molar-refractivity contribution is 0.157. The number of halogens is 3. The Kier molecular flexibility index (Phi) is 7.28. The van der Waals surface area contributed by atoms with E-state index in [0.29, 0.717) is 22.8 Å². The lowest BCUT2D eigenvalue weighted by Crippen LogP contribution is -2.46. The second-order valence-corrected chi connectivity index (χ2v) is 8.56. The van der Waals surface area contributed by atoms with Gasteiger partial charge in [0.05, 0.1) is 5.02 Å². The molecule has 0 amide bonds. The van der Waals surface area contributed by atoms with Crippen molar-refractivity contribution in [2.45, 2.75) is 19.4 Å². The van der Waals surface area contributed by atoms with Gasteiger partial charge in [-0.25, -0.2) is 8.78 Å². The number of rotatable bonds is 7. The van der Waals surface area contributed by atoms with Gasteiger partial charge in [-0.3, -0.25) is 4.90 Å². The largest absolute Gasteiger partial charge is 0.484 e. The minimum Gasteiger partial charge on any atom is -0.484 e. The number of hydrogen-bond acceptors (Lipinski definition) is 3. The molecule has 0 saturated carbocycles. The third-order valence-corrected chi connectivity index (χ3v) is 6.19. The normalized spacial score (nSPS) is 15.6. The van der Waals surface area contributed by atoms with Gasteiger partial charge < -0.3 is 9.64 Å². The Morgan fingerprint density at radius 1 is 0.938 bits per heavy atom. The van der Waals surface area contributed by atoms with Crippen LogP contribution in [0.2, 0.25) is 5.02 Å². The zero-order valence-electron chi connectivity index (χ0n) is 18.1. The minimum atomic E-state index is -0.439. The molecule has 0 spiro atoms. The molecule has 6 heteroatoms. The Morgan fingerprint density at radius 3 is 2.38 bits per heavy atom. The fourth-order valence-corrected chi connectivity index (χ4v) is 4.21. The van der Waals surface area contributed by atoms with Crippen molar-refractivity contribution < 1.29 is 13.5 Å². The van der Waals surface area contributed by atoms with Gasteiger partial charge in [-0.2, -0.15) is 0 Å². The summed E-state index contributed by atoms with van der Waals surface area (Å²) < 4.78 is 34.0. The van der Waals surface area contributed by atoms with Crippen molar-refractivity contribution in [3.63, 3.8) is 0 Å². The van der Waals surface area contributed by atoms with Crippen LogP contribution in [0.5, 0.6) is 5.75 Å². The summed E-state index contributed by atoms with van der Waals surface area (Å²) >= 11 is 6.34. The Morgan fingerprint density at radius 2 is 1.66 bits per heavy atom. The number of benzene rings is 3. The molecule has 32 heavy (non-hydrogen) atoms. The highest BCUT2D eigenvalue weighted by atomic mass is 35.5. The van der Waals surface area contributed by atoms with Crippen molar-refractivity contribution in [3.8, 4) is 5.75 Å². The first-order chi connectivity index (χ1) is 15.5. The zero-order chi connectivity index (χ0) is 22.5. The standard InChI is InChI=1S/C26H27ClF2N2O/c1-19-6-11-23(27)26(18-19)32-25(22-4-2-3-5-24(22)29)12-13-30-14-16-31(17-15-30)21-9-7-20(28)8-10-21/h2-11,18,25H,12-17H2,1H3/t25-/m1/s1. The van der Waals surface area contributed by atoms with Crippen molar-refractivity contribution in [1.29, 1.82) is 0 Å². The molecule has 0 N–H and O–H groups in total. The third-order valence-electron chi connectivity index (χ3n) is 5.88. The topological polar surface area (TPSA) is 15.7 Å². The van der Waals surface area contributed by atoms with E-state index in [0.717, 1.165) is 44.0 Å². The number of hydrogen-bond donors (Lipinski definition) is 0. The minimum absolute atomic E-state index is 0.222. The Balaban J connectivity index is 1.41. The van der Waals surface area contributed by atoms with Crippen molar-refractivity contribution >= 4 is 17.3 Å². The number of ether oxygens (including phenoxy) is 1. The second kappa shape index (κ2) is 10.3. The van der Waals surface area contributed by atoms with E-state index in [-0.39, 0.29) is 11.6 Å². The predicted molar refractivity (Wildman–Crippen MR) is 126 cm³/mol. The van der Waals surface area contributed by atoms with Gasteiger partial charge in [0, 0.05) is 50.4 Å². The molecule has 168 valence electrons. The van der Waals surface area contributed by atoms with Gasteiger partial charge in [-0.1, -0.05) is 35.9 Å². The van der Waals surface area contributed by atoms with Crippen LogP contribution in [-0.4, -0.2) is 37.6 Å². The van der Waals surface area contributed by atoms with Crippen molar-refractivity contribution in [3.05, 3.63) is 94.5 Å². The number of anilines is 1. The molecule has 1 saturated heterocycles. The van der Waals surface area contributed by atoms with Gasteiger partial charge in [0.25, 0.3) is 0 Å². The SMILES string of the molecule is Cc1ccc(Cl)c(O[C@H](CCN2CCN(c3ccc(F)cc3)CC2)c2ccccc2F)c1. The van der Waals surface area contributed by atoms with Crippen LogP contribution in [0.25, 0.3) is 0 Å². The van der Waals surface area contributed by atoms with E-state index < -0.39 is 6.10 Å². The van der Waals surface area contributed by atoms with Gasteiger partial charge in [0.1, 0.15) is 23.5 Å². The fraction of sp³-hybridized carbons (Fsp3) is 0.308. The van der Waals surface area contributed by atoms with Crippen LogP contribution in [0.3, 0.4) is 0 Å². The quantitative estimate of drug-likeness (QED) is 0.417. The summed E-state index contributed by atoms with van der Waals surface area (Å²) in [5.74, 6) is 0.0729. The van der Waals surface area contributed by atoms with Gasteiger partial charge >= 0.3 is 0 Å². The van der Waals surface area contributed by atoms with Crippen LogP contribution in [0.4, 0.5) is 14.5 Å². The molecule has 1 atom stereocenters. The summed E-state index contributed by atoms with van der Waals surface area (Å²) in [6.07, 6.45) is 0.201. The maximum Gasteiger partial charge on any atom is 0.139 e. The molecule has 0 aliphatic carbocycles. The maximum atomic E-state index is 14.6. The number of nitrogens with zero attached hydrogens (tertiary/aromatic N) is 2. The monoisotopic (exact) mass is 456 g/mol. The molecule has 0 unspecified atom stereocenters. The molecule has 1 aliphatic heterocycles. The van der Waals surface area contributed by atoms with E-state index in [2.05, 4.69) is 9.80 Å². The molecule has 3 nitrogen and oxygen atoms in total. The predicted octanol–water partition coefficient (Wildman–Crippen LogP) is 6.26. The summed E-state index contributed by atoms with van der Waals surface area (Å²) in [5, 5.41) is 0.518.